The van der Waals surface area contributed by atoms with Crippen LogP contribution in [0.1, 0.15) is 23.0 Å². The van der Waals surface area contributed by atoms with Gasteiger partial charge in [0, 0.05) is 12.7 Å². The SMILES string of the molecule is CCOC(=O)c1nn(CCc2ccsc2)cc1N. The average Bonchev–Trinajstić information content (AvgIpc) is 2.96. The molecule has 0 unspecified atom stereocenters. The Kier molecular flexibility index (Phi) is 3.99. The number of rotatable bonds is 5. The molecule has 0 fully saturated rings. The molecule has 96 valence electrons. The van der Waals surface area contributed by atoms with Gasteiger partial charge in [-0.3, -0.25) is 4.68 Å². The van der Waals surface area contributed by atoms with Crippen LogP contribution in [0.5, 0.6) is 0 Å². The zero-order valence-corrected chi connectivity index (χ0v) is 10.9. The Labute approximate surface area is 109 Å². The Morgan fingerprint density at radius 3 is 3.11 bits per heavy atom. The van der Waals surface area contributed by atoms with Crippen LogP contribution in [0.3, 0.4) is 0 Å². The van der Waals surface area contributed by atoms with Crippen molar-refractivity contribution < 1.29 is 9.53 Å². The minimum absolute atomic E-state index is 0.196. The van der Waals surface area contributed by atoms with Crippen molar-refractivity contribution in [2.24, 2.45) is 0 Å². The fraction of sp³-hybridized carbons (Fsp3) is 0.333. The third-order valence-corrected chi connectivity index (χ3v) is 3.20. The van der Waals surface area contributed by atoms with Gasteiger partial charge in [-0.25, -0.2) is 4.79 Å². The number of nitrogen functional groups attached to an aromatic ring is 1. The highest BCUT2D eigenvalue weighted by molar-refractivity contribution is 7.07. The van der Waals surface area contributed by atoms with Crippen LogP contribution in [0, 0.1) is 0 Å². The lowest BCUT2D eigenvalue weighted by atomic mass is 10.2. The molecule has 0 atom stereocenters. The zero-order chi connectivity index (χ0) is 13.0. The van der Waals surface area contributed by atoms with E-state index in [9.17, 15) is 4.79 Å². The quantitative estimate of drug-likeness (QED) is 0.839. The topological polar surface area (TPSA) is 70.1 Å². The maximum atomic E-state index is 11.5. The third-order valence-electron chi connectivity index (χ3n) is 2.47. The van der Waals surface area contributed by atoms with Gasteiger partial charge in [-0.2, -0.15) is 16.4 Å². The number of carbonyl (C=O) groups is 1. The number of hydrogen-bond acceptors (Lipinski definition) is 5. The number of nitrogens with zero attached hydrogens (tertiary/aromatic N) is 2. The molecular weight excluding hydrogens is 250 g/mol. The van der Waals surface area contributed by atoms with E-state index < -0.39 is 5.97 Å². The van der Waals surface area contributed by atoms with Gasteiger partial charge in [-0.15, -0.1) is 0 Å². The third kappa shape index (κ3) is 2.89. The van der Waals surface area contributed by atoms with Gasteiger partial charge in [0.2, 0.25) is 0 Å². The molecule has 6 heteroatoms. The highest BCUT2D eigenvalue weighted by Gasteiger charge is 2.15. The smallest absolute Gasteiger partial charge is 0.361 e. The largest absolute Gasteiger partial charge is 0.461 e. The van der Waals surface area contributed by atoms with Gasteiger partial charge >= 0.3 is 5.97 Å². The van der Waals surface area contributed by atoms with E-state index in [4.69, 9.17) is 10.5 Å². The number of aromatic nitrogens is 2. The van der Waals surface area contributed by atoms with Crippen LogP contribution in [0.4, 0.5) is 5.69 Å². The molecule has 0 aromatic carbocycles. The Bertz CT molecular complexity index is 519. The number of esters is 1. The van der Waals surface area contributed by atoms with Crippen LogP contribution in [0.15, 0.2) is 23.0 Å². The van der Waals surface area contributed by atoms with Gasteiger partial charge in [0.1, 0.15) is 0 Å². The van der Waals surface area contributed by atoms with Crippen molar-refractivity contribution >= 4 is 23.0 Å². The molecule has 0 spiro atoms. The first-order chi connectivity index (χ1) is 8.70. The molecule has 0 saturated heterocycles. The highest BCUT2D eigenvalue weighted by Crippen LogP contribution is 2.12. The average molecular weight is 265 g/mol. The summed E-state index contributed by atoms with van der Waals surface area (Å²) >= 11 is 1.67. The fourth-order valence-electron chi connectivity index (χ4n) is 1.59. The molecule has 0 aliphatic heterocycles. The zero-order valence-electron chi connectivity index (χ0n) is 10.1. The first kappa shape index (κ1) is 12.6. The van der Waals surface area contributed by atoms with Crippen molar-refractivity contribution in [3.8, 4) is 0 Å². The van der Waals surface area contributed by atoms with E-state index in [1.54, 1.807) is 29.1 Å². The summed E-state index contributed by atoms with van der Waals surface area (Å²) in [6.07, 6.45) is 2.53. The Morgan fingerprint density at radius 1 is 1.61 bits per heavy atom. The standard InChI is InChI=1S/C12H15N3O2S/c1-2-17-12(16)11-10(13)7-15(14-11)5-3-9-4-6-18-8-9/h4,6-8H,2-3,5,13H2,1H3. The minimum atomic E-state index is -0.468. The molecule has 0 amide bonds. The van der Waals surface area contributed by atoms with Crippen molar-refractivity contribution in [1.82, 2.24) is 9.78 Å². The molecule has 2 N–H and O–H groups in total. The van der Waals surface area contributed by atoms with Gasteiger partial charge in [0.05, 0.1) is 12.3 Å². The van der Waals surface area contributed by atoms with Crippen LogP contribution in [0.2, 0.25) is 0 Å². The predicted molar refractivity (Wildman–Crippen MR) is 70.6 cm³/mol. The van der Waals surface area contributed by atoms with Crippen LogP contribution >= 0.6 is 11.3 Å². The fourth-order valence-corrected chi connectivity index (χ4v) is 2.29. The summed E-state index contributed by atoms with van der Waals surface area (Å²) in [6, 6.07) is 2.07. The van der Waals surface area contributed by atoms with Gasteiger partial charge in [0.15, 0.2) is 5.69 Å². The van der Waals surface area contributed by atoms with Crippen LogP contribution < -0.4 is 5.73 Å². The molecule has 5 nitrogen and oxygen atoms in total. The summed E-state index contributed by atoms with van der Waals surface area (Å²) < 4.78 is 6.56. The number of thiophene rings is 1. The number of hydrogen-bond donors (Lipinski definition) is 1. The second kappa shape index (κ2) is 5.68. The lowest BCUT2D eigenvalue weighted by Gasteiger charge is -1.99. The minimum Gasteiger partial charge on any atom is -0.461 e. The summed E-state index contributed by atoms with van der Waals surface area (Å²) in [5.41, 5.74) is 7.55. The second-order valence-electron chi connectivity index (χ2n) is 3.80. The van der Waals surface area contributed by atoms with E-state index in [1.807, 2.05) is 5.38 Å². The normalized spacial score (nSPS) is 10.5. The summed E-state index contributed by atoms with van der Waals surface area (Å²) in [7, 11) is 0. The molecule has 2 rings (SSSR count). The number of ether oxygens (including phenoxy) is 1. The van der Waals surface area contributed by atoms with Crippen molar-refractivity contribution in [3.05, 3.63) is 34.3 Å². The summed E-state index contributed by atoms with van der Waals surface area (Å²) in [4.78, 5) is 11.5. The first-order valence-electron chi connectivity index (χ1n) is 5.72. The monoisotopic (exact) mass is 265 g/mol. The van der Waals surface area contributed by atoms with Gasteiger partial charge in [-0.05, 0) is 35.7 Å². The van der Waals surface area contributed by atoms with E-state index in [1.165, 1.54) is 5.56 Å². The summed E-state index contributed by atoms with van der Waals surface area (Å²) in [6.45, 7) is 2.77. The van der Waals surface area contributed by atoms with Crippen LogP contribution in [-0.4, -0.2) is 22.4 Å². The first-order valence-corrected chi connectivity index (χ1v) is 6.66. The lowest BCUT2D eigenvalue weighted by Crippen LogP contribution is -2.09. The molecule has 0 aliphatic carbocycles. The number of carbonyl (C=O) groups excluding carboxylic acids is 1. The van der Waals surface area contributed by atoms with E-state index in [0.29, 0.717) is 18.8 Å². The second-order valence-corrected chi connectivity index (χ2v) is 4.58. The Hall–Kier alpha value is -1.82. The molecule has 2 aromatic heterocycles. The van der Waals surface area contributed by atoms with Gasteiger partial charge < -0.3 is 10.5 Å². The van der Waals surface area contributed by atoms with E-state index in [0.717, 1.165) is 6.42 Å². The highest BCUT2D eigenvalue weighted by atomic mass is 32.1. The lowest BCUT2D eigenvalue weighted by molar-refractivity contribution is 0.0519. The number of anilines is 1. The Balaban J connectivity index is 2.02. The maximum absolute atomic E-state index is 11.5. The van der Waals surface area contributed by atoms with Crippen molar-refractivity contribution in [1.29, 1.82) is 0 Å². The van der Waals surface area contributed by atoms with Crippen molar-refractivity contribution in [2.75, 3.05) is 12.3 Å². The molecule has 2 heterocycles. The molecule has 2 aromatic rings. The van der Waals surface area contributed by atoms with E-state index in [2.05, 4.69) is 16.5 Å². The summed E-state index contributed by atoms with van der Waals surface area (Å²) in [5, 5.41) is 8.28. The number of nitrogens with two attached hydrogens (primary N) is 1. The van der Waals surface area contributed by atoms with Gasteiger partial charge in [0.25, 0.3) is 0 Å². The predicted octanol–water partition coefficient (Wildman–Crippen LogP) is 1.95. The van der Waals surface area contributed by atoms with Crippen molar-refractivity contribution in [2.45, 2.75) is 19.9 Å². The van der Waals surface area contributed by atoms with Crippen molar-refractivity contribution in [3.63, 3.8) is 0 Å². The molecule has 0 bridgehead atoms. The molecule has 0 aliphatic rings. The molecule has 0 radical (unpaired) electrons. The Morgan fingerprint density at radius 2 is 2.44 bits per heavy atom. The number of aryl methyl sites for hydroxylation is 2. The molecular formula is C12H15N3O2S. The molecule has 18 heavy (non-hydrogen) atoms. The van der Waals surface area contributed by atoms with E-state index >= 15 is 0 Å². The molecule has 0 saturated carbocycles. The maximum Gasteiger partial charge on any atom is 0.361 e. The van der Waals surface area contributed by atoms with E-state index in [-0.39, 0.29) is 5.69 Å². The summed E-state index contributed by atoms with van der Waals surface area (Å²) in [5.74, 6) is -0.468. The van der Waals surface area contributed by atoms with Crippen LogP contribution in [-0.2, 0) is 17.7 Å². The van der Waals surface area contributed by atoms with Gasteiger partial charge in [-0.1, -0.05) is 0 Å². The van der Waals surface area contributed by atoms with Crippen LogP contribution in [0.25, 0.3) is 0 Å².